The molecule has 0 saturated heterocycles. The summed E-state index contributed by atoms with van der Waals surface area (Å²) in [5.74, 6) is 1.14. The van der Waals surface area contributed by atoms with Gasteiger partial charge < -0.3 is 13.8 Å². The van der Waals surface area contributed by atoms with E-state index in [1.165, 1.54) is 0 Å². The van der Waals surface area contributed by atoms with Crippen molar-refractivity contribution in [2.24, 2.45) is 0 Å². The lowest BCUT2D eigenvalue weighted by atomic mass is 10.2. The molecule has 0 bridgehead atoms. The van der Waals surface area contributed by atoms with Crippen LogP contribution in [0.5, 0.6) is 0 Å². The number of pyridine rings is 1. The Bertz CT molecular complexity index is 792. The van der Waals surface area contributed by atoms with Crippen molar-refractivity contribution in [1.29, 1.82) is 0 Å². The van der Waals surface area contributed by atoms with Crippen LogP contribution in [0.1, 0.15) is 21.7 Å². The highest BCUT2D eigenvalue weighted by molar-refractivity contribution is 5.97. The number of aromatic nitrogens is 2. The van der Waals surface area contributed by atoms with Crippen LogP contribution in [-0.2, 0) is 13.1 Å². The molecule has 6 nitrogen and oxygen atoms in total. The third-order valence-corrected chi connectivity index (χ3v) is 3.42. The van der Waals surface area contributed by atoms with Crippen molar-refractivity contribution < 1.29 is 13.7 Å². The molecule has 1 aliphatic heterocycles. The van der Waals surface area contributed by atoms with E-state index in [-0.39, 0.29) is 5.91 Å². The number of hydrogen-bond acceptors (Lipinski definition) is 5. The Balaban J connectivity index is 1.54. The fourth-order valence-electron chi connectivity index (χ4n) is 2.43. The average molecular weight is 281 g/mol. The van der Waals surface area contributed by atoms with Gasteiger partial charge in [0.25, 0.3) is 5.91 Å². The number of carbonyl (C=O) groups excluding carboxylic acids is 1. The van der Waals surface area contributed by atoms with Gasteiger partial charge in [-0.25, -0.2) is 0 Å². The first-order valence-electron chi connectivity index (χ1n) is 6.54. The number of nitrogens with zero attached hydrogens (tertiary/aromatic N) is 3. The van der Waals surface area contributed by atoms with Crippen molar-refractivity contribution in [3.8, 4) is 11.5 Å². The van der Waals surface area contributed by atoms with Gasteiger partial charge in [0, 0.05) is 12.3 Å². The predicted molar refractivity (Wildman–Crippen MR) is 72.0 cm³/mol. The molecule has 0 saturated carbocycles. The van der Waals surface area contributed by atoms with Gasteiger partial charge >= 0.3 is 0 Å². The summed E-state index contributed by atoms with van der Waals surface area (Å²) in [6, 6.07) is 8.92. The van der Waals surface area contributed by atoms with Gasteiger partial charge in [-0.1, -0.05) is 5.16 Å². The van der Waals surface area contributed by atoms with Crippen LogP contribution in [0.25, 0.3) is 11.5 Å². The van der Waals surface area contributed by atoms with Crippen LogP contribution in [-0.4, -0.2) is 20.9 Å². The Morgan fingerprint density at radius 1 is 1.24 bits per heavy atom. The first-order valence-corrected chi connectivity index (χ1v) is 6.54. The average Bonchev–Trinajstić information content (AvgIpc) is 3.21. The molecule has 0 unspecified atom stereocenters. The Labute approximate surface area is 120 Å². The second kappa shape index (κ2) is 4.59. The minimum atomic E-state index is -0.0272. The molecular weight excluding hydrogens is 270 g/mol. The van der Waals surface area contributed by atoms with Gasteiger partial charge in [-0.2, -0.15) is 0 Å². The quantitative estimate of drug-likeness (QED) is 0.737. The lowest BCUT2D eigenvalue weighted by Gasteiger charge is -2.12. The number of amides is 1. The molecule has 104 valence electrons. The summed E-state index contributed by atoms with van der Waals surface area (Å²) >= 11 is 0. The Morgan fingerprint density at radius 3 is 3.00 bits per heavy atom. The van der Waals surface area contributed by atoms with E-state index in [4.69, 9.17) is 8.94 Å². The molecule has 4 heterocycles. The summed E-state index contributed by atoms with van der Waals surface area (Å²) in [7, 11) is 0. The Kier molecular flexibility index (Phi) is 2.60. The standard InChI is InChI=1S/C15H11N3O3/c19-15-11-3-1-5-16-12(11)9-18(15)8-10-7-14(21-17-10)13-4-2-6-20-13/h1-7H,8-9H2. The molecule has 6 heteroatoms. The van der Waals surface area contributed by atoms with E-state index >= 15 is 0 Å². The van der Waals surface area contributed by atoms with Crippen molar-refractivity contribution in [3.05, 3.63) is 59.7 Å². The molecule has 1 aliphatic rings. The molecule has 0 spiro atoms. The zero-order chi connectivity index (χ0) is 14.2. The van der Waals surface area contributed by atoms with Gasteiger partial charge in [-0.3, -0.25) is 9.78 Å². The second-order valence-corrected chi connectivity index (χ2v) is 4.82. The monoisotopic (exact) mass is 281 g/mol. The highest BCUT2D eigenvalue weighted by Gasteiger charge is 2.28. The van der Waals surface area contributed by atoms with Gasteiger partial charge in [0.05, 0.1) is 30.6 Å². The van der Waals surface area contributed by atoms with Gasteiger partial charge in [-0.15, -0.1) is 0 Å². The minimum absolute atomic E-state index is 0.0272. The summed E-state index contributed by atoms with van der Waals surface area (Å²) in [5.41, 5.74) is 2.15. The van der Waals surface area contributed by atoms with Crippen LogP contribution in [0.2, 0.25) is 0 Å². The van der Waals surface area contributed by atoms with Gasteiger partial charge in [0.1, 0.15) is 5.69 Å². The summed E-state index contributed by atoms with van der Waals surface area (Å²) in [6.45, 7) is 0.886. The molecule has 0 N–H and O–H groups in total. The molecule has 21 heavy (non-hydrogen) atoms. The van der Waals surface area contributed by atoms with Crippen LogP contribution in [0, 0.1) is 0 Å². The van der Waals surface area contributed by atoms with Gasteiger partial charge in [0.15, 0.2) is 5.76 Å². The normalized spacial score (nSPS) is 13.7. The summed E-state index contributed by atoms with van der Waals surface area (Å²) in [4.78, 5) is 18.2. The number of fused-ring (bicyclic) bond motifs is 1. The topological polar surface area (TPSA) is 72.4 Å². The second-order valence-electron chi connectivity index (χ2n) is 4.82. The molecule has 3 aromatic rings. The van der Waals surface area contributed by atoms with Crippen molar-refractivity contribution in [2.45, 2.75) is 13.1 Å². The smallest absolute Gasteiger partial charge is 0.256 e. The van der Waals surface area contributed by atoms with Gasteiger partial charge in [-0.05, 0) is 24.3 Å². The summed E-state index contributed by atoms with van der Waals surface area (Å²) < 4.78 is 10.5. The van der Waals surface area contributed by atoms with E-state index in [9.17, 15) is 4.79 Å². The SMILES string of the molecule is O=C1c2cccnc2CN1Cc1cc(-c2ccco2)on1. The van der Waals surface area contributed by atoms with Crippen LogP contribution >= 0.6 is 0 Å². The molecule has 0 aromatic carbocycles. The number of carbonyl (C=O) groups is 1. The molecule has 0 atom stereocenters. The van der Waals surface area contributed by atoms with E-state index < -0.39 is 0 Å². The predicted octanol–water partition coefficient (Wildman–Crippen LogP) is 2.49. The number of furan rings is 1. The van der Waals surface area contributed by atoms with Crippen LogP contribution in [0.4, 0.5) is 0 Å². The maximum Gasteiger partial charge on any atom is 0.256 e. The van der Waals surface area contributed by atoms with E-state index in [1.807, 2.05) is 0 Å². The first-order chi connectivity index (χ1) is 10.3. The molecule has 0 radical (unpaired) electrons. The van der Waals surface area contributed by atoms with E-state index in [0.29, 0.717) is 35.9 Å². The lowest BCUT2D eigenvalue weighted by Crippen LogP contribution is -2.23. The molecule has 0 aliphatic carbocycles. The third kappa shape index (κ3) is 2.01. The van der Waals surface area contributed by atoms with E-state index in [0.717, 1.165) is 5.69 Å². The fourth-order valence-corrected chi connectivity index (χ4v) is 2.43. The van der Waals surface area contributed by atoms with Crippen molar-refractivity contribution in [2.75, 3.05) is 0 Å². The summed E-state index contributed by atoms with van der Waals surface area (Å²) in [6.07, 6.45) is 3.27. The minimum Gasteiger partial charge on any atom is -0.461 e. The van der Waals surface area contributed by atoms with Crippen molar-refractivity contribution >= 4 is 5.91 Å². The largest absolute Gasteiger partial charge is 0.461 e. The molecule has 3 aromatic heterocycles. The number of rotatable bonds is 3. The van der Waals surface area contributed by atoms with Crippen LogP contribution in [0.3, 0.4) is 0 Å². The van der Waals surface area contributed by atoms with Crippen LogP contribution < -0.4 is 0 Å². The highest BCUT2D eigenvalue weighted by atomic mass is 16.5. The maximum atomic E-state index is 12.2. The third-order valence-electron chi connectivity index (χ3n) is 3.42. The maximum absolute atomic E-state index is 12.2. The molecule has 1 amide bonds. The van der Waals surface area contributed by atoms with Gasteiger partial charge in [0.2, 0.25) is 5.76 Å². The zero-order valence-electron chi connectivity index (χ0n) is 11.0. The Hall–Kier alpha value is -2.89. The molecule has 0 fully saturated rings. The zero-order valence-corrected chi connectivity index (χ0v) is 11.0. The molecular formula is C15H11N3O3. The fraction of sp³-hybridized carbons (Fsp3) is 0.133. The molecule has 4 rings (SSSR count). The summed E-state index contributed by atoms with van der Waals surface area (Å²) in [5, 5.41) is 3.98. The van der Waals surface area contributed by atoms with Crippen molar-refractivity contribution in [3.63, 3.8) is 0 Å². The first kappa shape index (κ1) is 11.9. The van der Waals surface area contributed by atoms with Crippen molar-refractivity contribution in [1.82, 2.24) is 15.0 Å². The van der Waals surface area contributed by atoms with E-state index in [1.54, 1.807) is 47.7 Å². The van der Waals surface area contributed by atoms with E-state index in [2.05, 4.69) is 10.1 Å². The number of hydrogen-bond donors (Lipinski definition) is 0. The Morgan fingerprint density at radius 2 is 2.19 bits per heavy atom. The lowest BCUT2D eigenvalue weighted by molar-refractivity contribution is 0.0763. The van der Waals surface area contributed by atoms with Crippen LogP contribution in [0.15, 0.2) is 51.7 Å². The highest BCUT2D eigenvalue weighted by Crippen LogP contribution is 2.24.